The van der Waals surface area contributed by atoms with E-state index in [4.69, 9.17) is 10.5 Å². The topological polar surface area (TPSA) is 88.7 Å². The van der Waals surface area contributed by atoms with E-state index in [-0.39, 0.29) is 17.9 Å². The van der Waals surface area contributed by atoms with Crippen LogP contribution in [0.15, 0.2) is 29.3 Å². The van der Waals surface area contributed by atoms with E-state index in [9.17, 15) is 4.79 Å². The van der Waals surface area contributed by atoms with Gasteiger partial charge in [0.25, 0.3) is 0 Å². The second kappa shape index (κ2) is 6.68. The van der Waals surface area contributed by atoms with E-state index in [0.29, 0.717) is 25.7 Å². The molecular weight excluding hydrogens is 280 g/mol. The van der Waals surface area contributed by atoms with Gasteiger partial charge in [0, 0.05) is 24.4 Å². The van der Waals surface area contributed by atoms with Crippen molar-refractivity contribution in [3.05, 3.63) is 29.8 Å². The summed E-state index contributed by atoms with van der Waals surface area (Å²) in [5.74, 6) is 1.68. The highest BCUT2D eigenvalue weighted by molar-refractivity contribution is 5.81. The van der Waals surface area contributed by atoms with Crippen molar-refractivity contribution in [1.82, 2.24) is 10.6 Å². The molecule has 0 spiro atoms. The minimum Gasteiger partial charge on any atom is -0.493 e. The first kappa shape index (κ1) is 14.7. The number of amides is 1. The van der Waals surface area contributed by atoms with Crippen molar-refractivity contribution in [3.8, 4) is 5.75 Å². The van der Waals surface area contributed by atoms with Gasteiger partial charge in [-0.3, -0.25) is 9.79 Å². The first-order chi connectivity index (χ1) is 10.7. The number of benzene rings is 1. The number of nitrogens with two attached hydrogens (primary N) is 1. The van der Waals surface area contributed by atoms with Gasteiger partial charge in [0.05, 0.1) is 19.2 Å². The summed E-state index contributed by atoms with van der Waals surface area (Å²) in [6.07, 6.45) is 2.88. The molecule has 2 aliphatic rings. The average Bonchev–Trinajstić information content (AvgIpc) is 3.37. The zero-order valence-electron chi connectivity index (χ0n) is 12.5. The maximum atomic E-state index is 11.5. The number of nitrogens with zero attached hydrogens (tertiary/aromatic N) is 1. The largest absolute Gasteiger partial charge is 0.493 e. The minimum absolute atomic E-state index is 0.120. The standard InChI is InChI=1S/C16H22N4O2/c17-16(19-9-8-18-15(21)11-5-6-11)20-13-7-10-22-14-4-2-1-3-12(13)14/h1-4,11,13H,5-10H2,(H,18,21)(H3,17,19,20). The zero-order chi connectivity index (χ0) is 15.4. The number of ether oxygens (including phenoxy) is 1. The van der Waals surface area contributed by atoms with Crippen molar-refractivity contribution < 1.29 is 9.53 Å². The average molecular weight is 302 g/mol. The van der Waals surface area contributed by atoms with E-state index in [1.165, 1.54) is 0 Å². The van der Waals surface area contributed by atoms with Crippen molar-refractivity contribution in [2.24, 2.45) is 16.6 Å². The molecule has 1 heterocycles. The molecular formula is C16H22N4O2. The molecule has 1 fully saturated rings. The number of hydrogen-bond donors (Lipinski definition) is 3. The molecule has 0 aromatic heterocycles. The molecule has 22 heavy (non-hydrogen) atoms. The lowest BCUT2D eigenvalue weighted by atomic mass is 10.0. The summed E-state index contributed by atoms with van der Waals surface area (Å²) < 4.78 is 5.62. The maximum absolute atomic E-state index is 11.5. The normalized spacial score (nSPS) is 20.7. The van der Waals surface area contributed by atoms with Gasteiger partial charge in [-0.05, 0) is 18.9 Å². The Labute approximate surface area is 130 Å². The zero-order valence-corrected chi connectivity index (χ0v) is 12.5. The summed E-state index contributed by atoms with van der Waals surface area (Å²) in [5.41, 5.74) is 7.04. The molecule has 6 nitrogen and oxygen atoms in total. The third-order valence-corrected chi connectivity index (χ3v) is 3.92. The van der Waals surface area contributed by atoms with Gasteiger partial charge in [-0.15, -0.1) is 0 Å². The highest BCUT2D eigenvalue weighted by atomic mass is 16.5. The van der Waals surface area contributed by atoms with Gasteiger partial charge in [0.2, 0.25) is 5.91 Å². The number of hydrogen-bond acceptors (Lipinski definition) is 3. The predicted molar refractivity (Wildman–Crippen MR) is 84.7 cm³/mol. The van der Waals surface area contributed by atoms with Gasteiger partial charge < -0.3 is 21.1 Å². The molecule has 4 N–H and O–H groups in total. The van der Waals surface area contributed by atoms with Gasteiger partial charge in [0.1, 0.15) is 5.75 Å². The maximum Gasteiger partial charge on any atom is 0.223 e. The summed E-state index contributed by atoms with van der Waals surface area (Å²) in [5, 5.41) is 6.10. The SMILES string of the molecule is NC(=NCCNC(=O)C1CC1)NC1CCOc2ccccc21. The summed E-state index contributed by atoms with van der Waals surface area (Å²) in [4.78, 5) is 15.8. The van der Waals surface area contributed by atoms with Gasteiger partial charge >= 0.3 is 0 Å². The Hall–Kier alpha value is -2.24. The number of fused-ring (bicyclic) bond motifs is 1. The predicted octanol–water partition coefficient (Wildman–Crippen LogP) is 0.941. The van der Waals surface area contributed by atoms with Crippen LogP contribution in [0.2, 0.25) is 0 Å². The van der Waals surface area contributed by atoms with E-state index in [1.54, 1.807) is 0 Å². The van der Waals surface area contributed by atoms with Crippen LogP contribution in [0.5, 0.6) is 5.75 Å². The van der Waals surface area contributed by atoms with Gasteiger partial charge in [0.15, 0.2) is 5.96 Å². The molecule has 1 unspecified atom stereocenters. The van der Waals surface area contributed by atoms with Crippen LogP contribution in [-0.4, -0.2) is 31.6 Å². The Morgan fingerprint density at radius 3 is 2.95 bits per heavy atom. The number of aliphatic imine (C=N–C) groups is 1. The smallest absolute Gasteiger partial charge is 0.223 e. The molecule has 1 aliphatic heterocycles. The fourth-order valence-corrected chi connectivity index (χ4v) is 2.56. The second-order valence-corrected chi connectivity index (χ2v) is 5.70. The van der Waals surface area contributed by atoms with Crippen LogP contribution >= 0.6 is 0 Å². The lowest BCUT2D eigenvalue weighted by Gasteiger charge is -2.26. The summed E-state index contributed by atoms with van der Waals surface area (Å²) in [6, 6.07) is 8.07. The molecule has 1 amide bonds. The molecule has 0 radical (unpaired) electrons. The van der Waals surface area contributed by atoms with E-state index < -0.39 is 0 Å². The number of carbonyl (C=O) groups is 1. The number of carbonyl (C=O) groups excluding carboxylic acids is 1. The Balaban J connectivity index is 1.48. The third kappa shape index (κ3) is 3.69. The van der Waals surface area contributed by atoms with Crippen LogP contribution in [0.4, 0.5) is 0 Å². The summed E-state index contributed by atoms with van der Waals surface area (Å²) in [6.45, 7) is 1.68. The molecule has 1 saturated carbocycles. The molecule has 6 heteroatoms. The lowest BCUT2D eigenvalue weighted by Crippen LogP contribution is -2.38. The van der Waals surface area contributed by atoms with Crippen LogP contribution in [0.3, 0.4) is 0 Å². The van der Waals surface area contributed by atoms with E-state index in [2.05, 4.69) is 15.6 Å². The van der Waals surface area contributed by atoms with Crippen molar-refractivity contribution >= 4 is 11.9 Å². The number of guanidine groups is 1. The first-order valence-corrected chi connectivity index (χ1v) is 7.80. The molecule has 118 valence electrons. The van der Waals surface area contributed by atoms with E-state index >= 15 is 0 Å². The Morgan fingerprint density at radius 1 is 1.32 bits per heavy atom. The first-order valence-electron chi connectivity index (χ1n) is 7.80. The molecule has 1 aliphatic carbocycles. The Morgan fingerprint density at radius 2 is 2.14 bits per heavy atom. The van der Waals surface area contributed by atoms with Gasteiger partial charge in [-0.2, -0.15) is 0 Å². The number of para-hydroxylation sites is 1. The van der Waals surface area contributed by atoms with Crippen LogP contribution < -0.4 is 21.1 Å². The van der Waals surface area contributed by atoms with Crippen molar-refractivity contribution in [2.75, 3.05) is 19.7 Å². The Kier molecular flexibility index (Phi) is 4.46. The van der Waals surface area contributed by atoms with Crippen molar-refractivity contribution in [2.45, 2.75) is 25.3 Å². The van der Waals surface area contributed by atoms with E-state index in [1.807, 2.05) is 24.3 Å². The number of rotatable bonds is 5. The summed E-state index contributed by atoms with van der Waals surface area (Å²) in [7, 11) is 0. The van der Waals surface area contributed by atoms with Crippen LogP contribution in [0, 0.1) is 5.92 Å². The van der Waals surface area contributed by atoms with Crippen LogP contribution in [-0.2, 0) is 4.79 Å². The quantitative estimate of drug-likeness (QED) is 0.429. The lowest BCUT2D eigenvalue weighted by molar-refractivity contribution is -0.122. The van der Waals surface area contributed by atoms with Crippen LogP contribution in [0.25, 0.3) is 0 Å². The fraction of sp³-hybridized carbons (Fsp3) is 0.500. The monoisotopic (exact) mass is 302 g/mol. The molecule has 1 atom stereocenters. The van der Waals surface area contributed by atoms with Crippen molar-refractivity contribution in [1.29, 1.82) is 0 Å². The van der Waals surface area contributed by atoms with Crippen molar-refractivity contribution in [3.63, 3.8) is 0 Å². The molecule has 1 aromatic carbocycles. The minimum atomic E-state index is 0.120. The summed E-state index contributed by atoms with van der Waals surface area (Å²) >= 11 is 0. The molecule has 0 saturated heterocycles. The highest BCUT2D eigenvalue weighted by Gasteiger charge is 2.29. The van der Waals surface area contributed by atoms with E-state index in [0.717, 1.165) is 30.6 Å². The highest BCUT2D eigenvalue weighted by Crippen LogP contribution is 2.31. The Bertz CT molecular complexity index is 569. The second-order valence-electron chi connectivity index (χ2n) is 5.70. The van der Waals surface area contributed by atoms with Crippen LogP contribution in [0.1, 0.15) is 30.9 Å². The van der Waals surface area contributed by atoms with Gasteiger partial charge in [-0.1, -0.05) is 18.2 Å². The molecule has 3 rings (SSSR count). The number of nitrogens with one attached hydrogen (secondary N) is 2. The molecule has 0 bridgehead atoms. The van der Waals surface area contributed by atoms with Gasteiger partial charge in [-0.25, -0.2) is 0 Å². The fourth-order valence-electron chi connectivity index (χ4n) is 2.56. The third-order valence-electron chi connectivity index (χ3n) is 3.92. The molecule has 1 aromatic rings.